The molecule has 0 aliphatic carbocycles. The topological polar surface area (TPSA) is 35.2 Å². The minimum absolute atomic E-state index is 0.0656. The van der Waals surface area contributed by atoms with Gasteiger partial charge < -0.3 is 10.5 Å². The fourth-order valence-electron chi connectivity index (χ4n) is 1.80. The maximum atomic E-state index is 12.7. The van der Waals surface area contributed by atoms with Crippen LogP contribution >= 0.6 is 0 Å². The van der Waals surface area contributed by atoms with Crippen molar-refractivity contribution in [1.29, 1.82) is 0 Å². The predicted molar refractivity (Wildman–Crippen MR) is 53.2 cm³/mol. The number of ether oxygens (including phenoxy) is 1. The molecule has 2 atom stereocenters. The van der Waals surface area contributed by atoms with Crippen molar-refractivity contribution in [2.75, 3.05) is 0 Å². The Morgan fingerprint density at radius 2 is 2.06 bits per heavy atom. The SMILES string of the molecule is CC1Oc2c(cccc2C(F)(F)F)CC1N. The van der Waals surface area contributed by atoms with Gasteiger partial charge >= 0.3 is 6.18 Å². The summed E-state index contributed by atoms with van der Waals surface area (Å²) in [6.45, 7) is 1.68. The zero-order valence-electron chi connectivity index (χ0n) is 8.71. The van der Waals surface area contributed by atoms with E-state index in [4.69, 9.17) is 10.5 Å². The molecule has 1 aliphatic heterocycles. The highest BCUT2D eigenvalue weighted by molar-refractivity contribution is 5.45. The molecule has 88 valence electrons. The highest BCUT2D eigenvalue weighted by Gasteiger charge is 2.37. The van der Waals surface area contributed by atoms with Gasteiger partial charge in [-0.1, -0.05) is 12.1 Å². The summed E-state index contributed by atoms with van der Waals surface area (Å²) in [6, 6.07) is 3.78. The third-order valence-electron chi connectivity index (χ3n) is 2.76. The summed E-state index contributed by atoms with van der Waals surface area (Å²) in [6.07, 6.45) is -4.36. The van der Waals surface area contributed by atoms with Gasteiger partial charge in [-0.3, -0.25) is 0 Å². The fraction of sp³-hybridized carbons (Fsp3) is 0.455. The Morgan fingerprint density at radius 1 is 1.38 bits per heavy atom. The molecule has 2 unspecified atom stereocenters. The van der Waals surface area contributed by atoms with Crippen LogP contribution in [-0.2, 0) is 12.6 Å². The smallest absolute Gasteiger partial charge is 0.419 e. The van der Waals surface area contributed by atoms with E-state index >= 15 is 0 Å². The largest absolute Gasteiger partial charge is 0.488 e. The Bertz CT molecular complexity index is 403. The normalized spacial score (nSPS) is 24.8. The Hall–Kier alpha value is -1.23. The van der Waals surface area contributed by atoms with Crippen LogP contribution in [-0.4, -0.2) is 12.1 Å². The average molecular weight is 231 g/mol. The number of nitrogens with two attached hydrogens (primary N) is 1. The predicted octanol–water partition coefficient (Wildman–Crippen LogP) is 2.36. The van der Waals surface area contributed by atoms with Gasteiger partial charge in [-0.05, 0) is 25.0 Å². The lowest BCUT2D eigenvalue weighted by Gasteiger charge is -2.30. The summed E-state index contributed by atoms with van der Waals surface area (Å²) in [5.41, 5.74) is 5.56. The lowest BCUT2D eigenvalue weighted by molar-refractivity contribution is -0.139. The van der Waals surface area contributed by atoms with E-state index in [1.54, 1.807) is 13.0 Å². The van der Waals surface area contributed by atoms with Crippen molar-refractivity contribution in [3.63, 3.8) is 0 Å². The van der Waals surface area contributed by atoms with Crippen LogP contribution in [0.25, 0.3) is 0 Å². The molecule has 0 amide bonds. The first kappa shape index (κ1) is 11.3. The van der Waals surface area contributed by atoms with Crippen molar-refractivity contribution in [1.82, 2.24) is 0 Å². The molecule has 0 aromatic heterocycles. The van der Waals surface area contributed by atoms with Crippen molar-refractivity contribution < 1.29 is 17.9 Å². The minimum Gasteiger partial charge on any atom is -0.488 e. The van der Waals surface area contributed by atoms with Crippen LogP contribution in [0.15, 0.2) is 18.2 Å². The van der Waals surface area contributed by atoms with Gasteiger partial charge in [-0.15, -0.1) is 0 Å². The molecule has 2 rings (SSSR count). The van der Waals surface area contributed by atoms with Crippen LogP contribution in [0.3, 0.4) is 0 Å². The van der Waals surface area contributed by atoms with Gasteiger partial charge in [0.25, 0.3) is 0 Å². The van der Waals surface area contributed by atoms with E-state index in [-0.39, 0.29) is 11.8 Å². The van der Waals surface area contributed by atoms with Crippen molar-refractivity contribution in [2.24, 2.45) is 5.73 Å². The molecular weight excluding hydrogens is 219 g/mol. The second-order valence-electron chi connectivity index (χ2n) is 3.98. The van der Waals surface area contributed by atoms with Gasteiger partial charge in [0.1, 0.15) is 11.9 Å². The Labute approximate surface area is 91.2 Å². The van der Waals surface area contributed by atoms with Gasteiger partial charge in [-0.25, -0.2) is 0 Å². The average Bonchev–Trinajstić information content (AvgIpc) is 2.17. The maximum absolute atomic E-state index is 12.7. The first-order valence-corrected chi connectivity index (χ1v) is 5.01. The van der Waals surface area contributed by atoms with E-state index < -0.39 is 17.8 Å². The Morgan fingerprint density at radius 3 is 2.69 bits per heavy atom. The maximum Gasteiger partial charge on any atom is 0.419 e. The third-order valence-corrected chi connectivity index (χ3v) is 2.76. The van der Waals surface area contributed by atoms with Crippen LogP contribution in [0, 0.1) is 0 Å². The summed E-state index contributed by atoms with van der Waals surface area (Å²) in [5, 5.41) is 0. The van der Waals surface area contributed by atoms with Gasteiger partial charge in [0.15, 0.2) is 0 Å². The van der Waals surface area contributed by atoms with Gasteiger partial charge in [0.2, 0.25) is 0 Å². The van der Waals surface area contributed by atoms with Gasteiger partial charge in [0, 0.05) is 6.04 Å². The molecule has 1 heterocycles. The van der Waals surface area contributed by atoms with Crippen molar-refractivity contribution in [2.45, 2.75) is 31.7 Å². The number of halogens is 3. The van der Waals surface area contributed by atoms with Crippen LogP contribution in [0.2, 0.25) is 0 Å². The van der Waals surface area contributed by atoms with Crippen LogP contribution < -0.4 is 10.5 Å². The molecule has 1 aromatic carbocycles. The summed E-state index contributed by atoms with van der Waals surface area (Å²) in [5.74, 6) is -0.0656. The molecule has 0 bridgehead atoms. The minimum atomic E-state index is -4.38. The number of para-hydroxylation sites is 1. The van der Waals surface area contributed by atoms with Gasteiger partial charge in [-0.2, -0.15) is 13.2 Å². The number of hydrogen-bond donors (Lipinski definition) is 1. The second kappa shape index (κ2) is 3.66. The van der Waals surface area contributed by atoms with Crippen molar-refractivity contribution in [3.05, 3.63) is 29.3 Å². The highest BCUT2D eigenvalue weighted by Crippen LogP contribution is 2.40. The highest BCUT2D eigenvalue weighted by atomic mass is 19.4. The molecule has 5 heteroatoms. The van der Waals surface area contributed by atoms with E-state index in [0.717, 1.165) is 6.07 Å². The fourth-order valence-corrected chi connectivity index (χ4v) is 1.80. The van der Waals surface area contributed by atoms with E-state index in [9.17, 15) is 13.2 Å². The van der Waals surface area contributed by atoms with Crippen molar-refractivity contribution in [3.8, 4) is 5.75 Å². The molecule has 0 saturated heterocycles. The zero-order chi connectivity index (χ0) is 11.9. The Balaban J connectivity index is 2.48. The van der Waals surface area contributed by atoms with Crippen LogP contribution in [0.4, 0.5) is 13.2 Å². The summed E-state index contributed by atoms with van der Waals surface area (Å²) >= 11 is 0. The monoisotopic (exact) mass is 231 g/mol. The number of fused-ring (bicyclic) bond motifs is 1. The standard InChI is InChI=1S/C11H12F3NO/c1-6-9(15)5-7-3-2-4-8(10(7)16-6)11(12,13)14/h2-4,6,9H,5,15H2,1H3. The first-order chi connectivity index (χ1) is 7.39. The Kier molecular flexibility index (Phi) is 2.58. The molecule has 16 heavy (non-hydrogen) atoms. The molecule has 0 spiro atoms. The number of rotatable bonds is 0. The molecule has 2 N–H and O–H groups in total. The zero-order valence-corrected chi connectivity index (χ0v) is 8.71. The lowest BCUT2D eigenvalue weighted by atomic mass is 9.96. The van der Waals surface area contributed by atoms with Crippen molar-refractivity contribution >= 4 is 0 Å². The molecule has 2 nitrogen and oxygen atoms in total. The van der Waals surface area contributed by atoms with E-state index in [2.05, 4.69) is 0 Å². The van der Waals surface area contributed by atoms with E-state index in [0.29, 0.717) is 12.0 Å². The lowest BCUT2D eigenvalue weighted by Crippen LogP contribution is -2.42. The van der Waals surface area contributed by atoms with Gasteiger partial charge in [0.05, 0.1) is 5.56 Å². The second-order valence-corrected chi connectivity index (χ2v) is 3.98. The molecule has 0 saturated carbocycles. The molecule has 1 aromatic rings. The first-order valence-electron chi connectivity index (χ1n) is 5.01. The number of benzene rings is 1. The molecule has 1 aliphatic rings. The molecule has 0 fully saturated rings. The molecular formula is C11H12F3NO. The third kappa shape index (κ3) is 1.87. The van der Waals surface area contributed by atoms with E-state index in [1.807, 2.05) is 0 Å². The molecule has 0 radical (unpaired) electrons. The summed E-state index contributed by atoms with van der Waals surface area (Å²) in [4.78, 5) is 0. The van der Waals surface area contributed by atoms with E-state index in [1.165, 1.54) is 6.07 Å². The van der Waals surface area contributed by atoms with Crippen LogP contribution in [0.5, 0.6) is 5.75 Å². The summed E-state index contributed by atoms with van der Waals surface area (Å²) < 4.78 is 43.3. The number of alkyl halides is 3. The number of hydrogen-bond acceptors (Lipinski definition) is 2. The summed E-state index contributed by atoms with van der Waals surface area (Å²) in [7, 11) is 0. The quantitative estimate of drug-likeness (QED) is 0.743. The van der Waals surface area contributed by atoms with Crippen LogP contribution in [0.1, 0.15) is 18.1 Å².